The maximum atomic E-state index is 13.1. The molecule has 0 radical (unpaired) electrons. The predicted molar refractivity (Wildman–Crippen MR) is 294 cm³/mol. The summed E-state index contributed by atoms with van der Waals surface area (Å²) in [4.78, 5) is 25.9. The van der Waals surface area contributed by atoms with Crippen molar-refractivity contribution in [1.29, 1.82) is 0 Å². The fourth-order valence-corrected chi connectivity index (χ4v) is 10.3. The lowest BCUT2D eigenvalue weighted by Gasteiger charge is -2.42. The molecule has 2 aliphatic heterocycles. The molecule has 2 heterocycles. The number of esters is 2. The highest BCUT2D eigenvalue weighted by atomic mass is 16.7. The minimum Gasteiger partial charge on any atom is -0.462 e. The molecule has 15 heteroatoms. The van der Waals surface area contributed by atoms with Gasteiger partial charge in [0.25, 0.3) is 0 Å². The van der Waals surface area contributed by atoms with E-state index in [1.807, 2.05) is 0 Å². The second-order valence-corrected chi connectivity index (χ2v) is 22.3. The first-order chi connectivity index (χ1) is 36.5. The lowest BCUT2D eigenvalue weighted by atomic mass is 9.98. The number of hydrogen-bond donors (Lipinski definition) is 7. The fraction of sp³-hybridized carbons (Fsp3) is 0.967. The highest BCUT2D eigenvalue weighted by Gasteiger charge is 2.47. The fourth-order valence-electron chi connectivity index (χ4n) is 10.3. The normalized spacial score (nSPS) is 24.4. The molecule has 0 saturated carbocycles. The number of ether oxygens (including phenoxy) is 6. The highest BCUT2D eigenvalue weighted by molar-refractivity contribution is 5.70. The van der Waals surface area contributed by atoms with Crippen molar-refractivity contribution in [2.45, 2.75) is 345 Å². The summed E-state index contributed by atoms with van der Waals surface area (Å²) in [5.41, 5.74) is 0. The van der Waals surface area contributed by atoms with Gasteiger partial charge in [-0.1, -0.05) is 251 Å². The van der Waals surface area contributed by atoms with E-state index >= 15 is 0 Å². The molecule has 0 aromatic heterocycles. The van der Waals surface area contributed by atoms with Crippen LogP contribution >= 0.6 is 0 Å². The zero-order valence-corrected chi connectivity index (χ0v) is 47.6. The first kappa shape index (κ1) is 69.6. The third kappa shape index (κ3) is 34.3. The van der Waals surface area contributed by atoms with Crippen molar-refractivity contribution >= 4 is 11.9 Å². The Bertz CT molecular complexity index is 1310. The van der Waals surface area contributed by atoms with Gasteiger partial charge in [-0.15, -0.1) is 0 Å². The minimum absolute atomic E-state index is 0.174. The number of rotatable bonds is 51. The monoisotopic (exact) mass is 1070 g/mol. The Morgan fingerprint density at radius 2 is 0.680 bits per heavy atom. The van der Waals surface area contributed by atoms with E-state index in [2.05, 4.69) is 13.8 Å². The third-order valence-corrected chi connectivity index (χ3v) is 15.3. The van der Waals surface area contributed by atoms with Crippen LogP contribution in [0.2, 0.25) is 0 Å². The second kappa shape index (κ2) is 47.3. The third-order valence-electron chi connectivity index (χ3n) is 15.3. The van der Waals surface area contributed by atoms with Crippen molar-refractivity contribution in [3.63, 3.8) is 0 Å². The number of carbonyl (C=O) groups is 2. The summed E-state index contributed by atoms with van der Waals surface area (Å²) in [5, 5.41) is 72.4. The number of unbranched alkanes of at least 4 members (excludes halogenated alkanes) is 37. The first-order valence-electron chi connectivity index (χ1n) is 31.1. The van der Waals surface area contributed by atoms with Crippen molar-refractivity contribution in [1.82, 2.24) is 0 Å². The Morgan fingerprint density at radius 1 is 0.373 bits per heavy atom. The van der Waals surface area contributed by atoms with Crippen molar-refractivity contribution in [3.05, 3.63) is 0 Å². The van der Waals surface area contributed by atoms with Gasteiger partial charge >= 0.3 is 11.9 Å². The van der Waals surface area contributed by atoms with E-state index in [9.17, 15) is 45.3 Å². The van der Waals surface area contributed by atoms with Crippen LogP contribution in [0.3, 0.4) is 0 Å². The minimum atomic E-state index is -1.76. The zero-order chi connectivity index (χ0) is 54.6. The van der Waals surface area contributed by atoms with Crippen molar-refractivity contribution in [3.8, 4) is 0 Å². The first-order valence-corrected chi connectivity index (χ1v) is 31.1. The number of aliphatic hydroxyl groups excluding tert-OH is 7. The van der Waals surface area contributed by atoms with Gasteiger partial charge in [-0.3, -0.25) is 9.59 Å². The van der Waals surface area contributed by atoms with Gasteiger partial charge in [-0.05, 0) is 12.8 Å². The summed E-state index contributed by atoms with van der Waals surface area (Å²) < 4.78 is 33.8. The van der Waals surface area contributed by atoms with Crippen molar-refractivity contribution < 1.29 is 73.8 Å². The molecule has 0 aliphatic carbocycles. The molecule has 0 amide bonds. The molecule has 0 bridgehead atoms. The van der Waals surface area contributed by atoms with Crippen LogP contribution in [-0.2, 0) is 38.0 Å². The maximum Gasteiger partial charge on any atom is 0.306 e. The van der Waals surface area contributed by atoms with E-state index in [-0.39, 0.29) is 26.1 Å². The van der Waals surface area contributed by atoms with E-state index in [4.69, 9.17) is 28.4 Å². The zero-order valence-electron chi connectivity index (χ0n) is 47.6. The van der Waals surface area contributed by atoms with Gasteiger partial charge in [0.15, 0.2) is 18.7 Å². The van der Waals surface area contributed by atoms with Crippen LogP contribution in [0.25, 0.3) is 0 Å². The topological polar surface area (TPSA) is 231 Å². The van der Waals surface area contributed by atoms with Gasteiger partial charge in [0, 0.05) is 12.8 Å². The molecular formula is C60H114O15. The number of carbonyl (C=O) groups excluding carboxylic acids is 2. The van der Waals surface area contributed by atoms with Crippen molar-refractivity contribution in [2.24, 2.45) is 0 Å². The van der Waals surface area contributed by atoms with Crippen LogP contribution in [-0.4, -0.2) is 142 Å². The van der Waals surface area contributed by atoms with E-state index < -0.39 is 92.7 Å². The van der Waals surface area contributed by atoms with Gasteiger partial charge in [0.05, 0.1) is 19.8 Å². The summed E-state index contributed by atoms with van der Waals surface area (Å²) in [6, 6.07) is 0. The lowest BCUT2D eigenvalue weighted by Crippen LogP contribution is -2.61. The van der Waals surface area contributed by atoms with E-state index in [0.717, 1.165) is 38.5 Å². The average Bonchev–Trinajstić information content (AvgIpc) is 3.40. The molecule has 7 N–H and O–H groups in total. The highest BCUT2D eigenvalue weighted by Crippen LogP contribution is 2.27. The molecule has 11 unspecified atom stereocenters. The Kier molecular flexibility index (Phi) is 43.9. The standard InChI is InChI=1S/C60H114O15/c1-3-5-7-9-11-13-15-17-19-21-22-23-24-25-26-27-29-31-33-35-37-39-41-43-52(63)73-48(45-70-51(62)42-40-38-36-34-32-30-28-20-18-16-14-12-10-8-6-4-2)46-71-59-58(69)56(67)54(65)50(75-59)47-72-60-57(68)55(66)53(64)49(44-61)74-60/h48-50,53-61,64-69H,3-47H2,1-2H3. The molecule has 444 valence electrons. The van der Waals surface area contributed by atoms with Gasteiger partial charge in [-0.25, -0.2) is 0 Å². The van der Waals surface area contributed by atoms with Crippen LogP contribution in [0.1, 0.15) is 277 Å². The Labute approximate surface area is 455 Å². The van der Waals surface area contributed by atoms with Crippen molar-refractivity contribution in [2.75, 3.05) is 26.4 Å². The molecule has 15 nitrogen and oxygen atoms in total. The van der Waals surface area contributed by atoms with Crippen LogP contribution < -0.4 is 0 Å². The van der Waals surface area contributed by atoms with Gasteiger partial charge in [0.2, 0.25) is 0 Å². The Hall–Kier alpha value is -1.50. The van der Waals surface area contributed by atoms with Gasteiger partial charge < -0.3 is 64.2 Å². The molecule has 11 atom stereocenters. The number of aliphatic hydroxyl groups is 7. The van der Waals surface area contributed by atoms with E-state index in [1.165, 1.54) is 199 Å². The van der Waals surface area contributed by atoms with Gasteiger partial charge in [-0.2, -0.15) is 0 Å². The molecule has 75 heavy (non-hydrogen) atoms. The Balaban J connectivity index is 1.70. The largest absolute Gasteiger partial charge is 0.462 e. The Morgan fingerprint density at radius 3 is 1.04 bits per heavy atom. The summed E-state index contributed by atoms with van der Waals surface area (Å²) in [6.07, 6.45) is 32.7. The average molecular weight is 1080 g/mol. The molecule has 2 fully saturated rings. The molecule has 2 saturated heterocycles. The predicted octanol–water partition coefficient (Wildman–Crippen LogP) is 11.1. The molecule has 2 rings (SSSR count). The summed E-state index contributed by atoms with van der Waals surface area (Å²) >= 11 is 0. The van der Waals surface area contributed by atoms with E-state index in [0.29, 0.717) is 12.8 Å². The molecule has 2 aliphatic rings. The van der Waals surface area contributed by atoms with Crippen LogP contribution in [0.15, 0.2) is 0 Å². The second-order valence-electron chi connectivity index (χ2n) is 22.3. The van der Waals surface area contributed by atoms with E-state index in [1.54, 1.807) is 0 Å². The number of hydrogen-bond acceptors (Lipinski definition) is 15. The summed E-state index contributed by atoms with van der Waals surface area (Å²) in [7, 11) is 0. The summed E-state index contributed by atoms with van der Waals surface area (Å²) in [5.74, 6) is -0.901. The SMILES string of the molecule is CCCCCCCCCCCCCCCCCCCCCCCCCC(=O)OC(COC(=O)CCCCCCCCCCCCCCCCCC)COC1OC(COC2OC(CO)C(O)C(O)C2O)C(O)C(O)C1O. The molecular weight excluding hydrogens is 961 g/mol. The summed E-state index contributed by atoms with van der Waals surface area (Å²) in [6.45, 7) is 2.67. The molecule has 0 aromatic rings. The smallest absolute Gasteiger partial charge is 0.306 e. The maximum absolute atomic E-state index is 13.1. The van der Waals surface area contributed by atoms with Crippen LogP contribution in [0.5, 0.6) is 0 Å². The molecule has 0 spiro atoms. The van der Waals surface area contributed by atoms with Gasteiger partial charge in [0.1, 0.15) is 55.4 Å². The van der Waals surface area contributed by atoms with Crippen LogP contribution in [0, 0.1) is 0 Å². The molecule has 0 aromatic carbocycles. The lowest BCUT2D eigenvalue weighted by molar-refractivity contribution is -0.332. The van der Waals surface area contributed by atoms with Crippen LogP contribution in [0.4, 0.5) is 0 Å². The quantitative estimate of drug-likeness (QED) is 0.0222.